The predicted molar refractivity (Wildman–Crippen MR) is 132 cm³/mol. The Bertz CT molecular complexity index is 1530. The Morgan fingerprint density at radius 1 is 0.441 bits per heavy atom. The van der Waals surface area contributed by atoms with Crippen molar-refractivity contribution < 1.29 is 0 Å². The maximum absolute atomic E-state index is 4.72. The largest absolute Gasteiger partial charge is 0.256 e. The van der Waals surface area contributed by atoms with Gasteiger partial charge in [-0.2, -0.15) is 0 Å². The first-order chi connectivity index (χ1) is 16.8. The second kappa shape index (κ2) is 8.60. The smallest absolute Gasteiger partial charge is 0.182 e. The SMILES string of the molecule is c1ccc(-c2nc(-c3ccc(-c4cnc5ccccc5c4)cc3)nc(-c3ccccn3)n2)nc1. The first-order valence-electron chi connectivity index (χ1n) is 10.9. The average molecular weight is 438 g/mol. The summed E-state index contributed by atoms with van der Waals surface area (Å²) in [6, 6.07) is 29.8. The van der Waals surface area contributed by atoms with Crippen LogP contribution in [0.1, 0.15) is 0 Å². The first kappa shape index (κ1) is 19.8. The predicted octanol–water partition coefficient (Wildman–Crippen LogP) is 5.88. The Balaban J connectivity index is 1.42. The summed E-state index contributed by atoms with van der Waals surface area (Å²) in [5.41, 5.74) is 5.37. The van der Waals surface area contributed by atoms with E-state index in [0.717, 1.165) is 27.6 Å². The van der Waals surface area contributed by atoms with E-state index in [1.165, 1.54) is 0 Å². The summed E-state index contributed by atoms with van der Waals surface area (Å²) < 4.78 is 0. The molecular formula is C28H18N6. The van der Waals surface area contributed by atoms with Crippen molar-refractivity contribution in [2.45, 2.75) is 0 Å². The minimum atomic E-state index is 0.508. The zero-order chi connectivity index (χ0) is 22.7. The van der Waals surface area contributed by atoms with E-state index in [1.807, 2.05) is 72.9 Å². The second-order valence-electron chi connectivity index (χ2n) is 7.73. The van der Waals surface area contributed by atoms with E-state index in [0.29, 0.717) is 28.9 Å². The topological polar surface area (TPSA) is 77.3 Å². The number of nitrogens with zero attached hydrogens (tertiary/aromatic N) is 6. The van der Waals surface area contributed by atoms with Gasteiger partial charge in [0.25, 0.3) is 0 Å². The number of rotatable bonds is 4. The van der Waals surface area contributed by atoms with Crippen LogP contribution in [0.5, 0.6) is 0 Å². The van der Waals surface area contributed by atoms with Gasteiger partial charge in [0.2, 0.25) is 0 Å². The fourth-order valence-corrected chi connectivity index (χ4v) is 3.76. The summed E-state index contributed by atoms with van der Waals surface area (Å²) in [4.78, 5) is 27.5. The van der Waals surface area contributed by atoms with Crippen LogP contribution < -0.4 is 0 Å². The van der Waals surface area contributed by atoms with Crippen molar-refractivity contribution in [2.75, 3.05) is 0 Å². The highest BCUT2D eigenvalue weighted by Crippen LogP contribution is 2.27. The maximum Gasteiger partial charge on any atom is 0.182 e. The first-order valence-corrected chi connectivity index (χ1v) is 10.9. The molecule has 0 aliphatic heterocycles. The second-order valence-corrected chi connectivity index (χ2v) is 7.73. The summed E-state index contributed by atoms with van der Waals surface area (Å²) in [7, 11) is 0. The summed E-state index contributed by atoms with van der Waals surface area (Å²) in [6.45, 7) is 0. The van der Waals surface area contributed by atoms with Crippen molar-refractivity contribution in [2.24, 2.45) is 0 Å². The van der Waals surface area contributed by atoms with E-state index in [-0.39, 0.29) is 0 Å². The van der Waals surface area contributed by atoms with Crippen LogP contribution in [0, 0.1) is 0 Å². The van der Waals surface area contributed by atoms with E-state index in [1.54, 1.807) is 12.4 Å². The summed E-state index contributed by atoms with van der Waals surface area (Å²) in [6.07, 6.45) is 5.36. The van der Waals surface area contributed by atoms with Gasteiger partial charge in [0.15, 0.2) is 17.5 Å². The minimum absolute atomic E-state index is 0.508. The molecule has 6 aromatic rings. The minimum Gasteiger partial charge on any atom is -0.256 e. The molecule has 6 nitrogen and oxygen atoms in total. The number of benzene rings is 2. The molecule has 6 rings (SSSR count). The van der Waals surface area contributed by atoms with Crippen LogP contribution in [0.3, 0.4) is 0 Å². The van der Waals surface area contributed by atoms with Gasteiger partial charge in [0, 0.05) is 35.1 Å². The van der Waals surface area contributed by atoms with E-state index < -0.39 is 0 Å². The Hall–Kier alpha value is -4.84. The lowest BCUT2D eigenvalue weighted by atomic mass is 10.0. The number of para-hydroxylation sites is 1. The van der Waals surface area contributed by atoms with Gasteiger partial charge in [-0.25, -0.2) is 15.0 Å². The number of hydrogen-bond donors (Lipinski definition) is 0. The van der Waals surface area contributed by atoms with Gasteiger partial charge in [-0.1, -0.05) is 54.6 Å². The average Bonchev–Trinajstić information content (AvgIpc) is 2.93. The van der Waals surface area contributed by atoms with E-state index in [9.17, 15) is 0 Å². The van der Waals surface area contributed by atoms with Crippen LogP contribution in [0.25, 0.3) is 56.5 Å². The highest BCUT2D eigenvalue weighted by molar-refractivity contribution is 5.83. The van der Waals surface area contributed by atoms with Crippen LogP contribution in [0.2, 0.25) is 0 Å². The third-order valence-electron chi connectivity index (χ3n) is 5.49. The molecule has 0 atom stereocenters. The molecule has 0 aliphatic rings. The van der Waals surface area contributed by atoms with Gasteiger partial charge in [0.05, 0.1) is 5.52 Å². The summed E-state index contributed by atoms with van der Waals surface area (Å²) >= 11 is 0. The van der Waals surface area contributed by atoms with E-state index in [2.05, 4.69) is 44.2 Å². The Labute approximate surface area is 196 Å². The Kier molecular flexibility index (Phi) is 5.01. The van der Waals surface area contributed by atoms with Crippen molar-refractivity contribution in [3.63, 3.8) is 0 Å². The highest BCUT2D eigenvalue weighted by atomic mass is 15.1. The van der Waals surface area contributed by atoms with Crippen molar-refractivity contribution in [3.05, 3.63) is 110 Å². The lowest BCUT2D eigenvalue weighted by Gasteiger charge is -2.08. The normalized spacial score (nSPS) is 10.9. The molecule has 160 valence electrons. The third-order valence-corrected chi connectivity index (χ3v) is 5.49. The Morgan fingerprint density at radius 3 is 1.68 bits per heavy atom. The Morgan fingerprint density at radius 2 is 1.03 bits per heavy atom. The molecule has 34 heavy (non-hydrogen) atoms. The fourth-order valence-electron chi connectivity index (χ4n) is 3.76. The molecule has 4 aromatic heterocycles. The van der Waals surface area contributed by atoms with Crippen LogP contribution in [0.15, 0.2) is 110 Å². The molecule has 0 saturated carbocycles. The van der Waals surface area contributed by atoms with Gasteiger partial charge < -0.3 is 0 Å². The van der Waals surface area contributed by atoms with Gasteiger partial charge in [-0.3, -0.25) is 15.0 Å². The molecule has 0 amide bonds. The van der Waals surface area contributed by atoms with Gasteiger partial charge in [-0.15, -0.1) is 0 Å². The van der Waals surface area contributed by atoms with Crippen molar-refractivity contribution >= 4 is 10.9 Å². The van der Waals surface area contributed by atoms with Crippen LogP contribution >= 0.6 is 0 Å². The van der Waals surface area contributed by atoms with Crippen molar-refractivity contribution in [1.82, 2.24) is 29.9 Å². The summed E-state index contributed by atoms with van der Waals surface area (Å²) in [5, 5.41) is 1.11. The third kappa shape index (κ3) is 3.89. The molecule has 2 aromatic carbocycles. The van der Waals surface area contributed by atoms with Crippen molar-refractivity contribution in [3.8, 4) is 45.6 Å². The maximum atomic E-state index is 4.72. The monoisotopic (exact) mass is 438 g/mol. The van der Waals surface area contributed by atoms with E-state index >= 15 is 0 Å². The molecule has 0 bridgehead atoms. The molecule has 0 aliphatic carbocycles. The van der Waals surface area contributed by atoms with Gasteiger partial charge in [-0.05, 0) is 42.0 Å². The number of pyridine rings is 3. The number of fused-ring (bicyclic) bond motifs is 1. The fraction of sp³-hybridized carbons (Fsp3) is 0. The van der Waals surface area contributed by atoms with E-state index in [4.69, 9.17) is 9.97 Å². The molecule has 4 heterocycles. The molecular weight excluding hydrogens is 420 g/mol. The lowest BCUT2D eigenvalue weighted by Crippen LogP contribution is -2.01. The quantitative estimate of drug-likeness (QED) is 0.342. The molecule has 0 unspecified atom stereocenters. The lowest BCUT2D eigenvalue weighted by molar-refractivity contribution is 1.05. The van der Waals surface area contributed by atoms with Gasteiger partial charge >= 0.3 is 0 Å². The van der Waals surface area contributed by atoms with Crippen LogP contribution in [-0.2, 0) is 0 Å². The molecule has 0 fully saturated rings. The standard InChI is InChI=1S/C28H18N6/c1-2-8-23-21(7-1)17-22(18-31-23)19-11-13-20(14-12-19)26-32-27(24-9-3-5-15-29-24)34-28(33-26)25-10-4-6-16-30-25/h1-18H. The highest BCUT2D eigenvalue weighted by Gasteiger charge is 2.13. The molecule has 0 N–H and O–H groups in total. The number of aromatic nitrogens is 6. The summed E-state index contributed by atoms with van der Waals surface area (Å²) in [5.74, 6) is 1.59. The van der Waals surface area contributed by atoms with Crippen LogP contribution in [-0.4, -0.2) is 29.9 Å². The number of hydrogen-bond acceptors (Lipinski definition) is 6. The zero-order valence-electron chi connectivity index (χ0n) is 18.1. The van der Waals surface area contributed by atoms with Crippen LogP contribution in [0.4, 0.5) is 0 Å². The molecule has 0 radical (unpaired) electrons. The zero-order valence-corrected chi connectivity index (χ0v) is 18.1. The molecule has 6 heteroatoms. The molecule has 0 saturated heterocycles. The molecule has 0 spiro atoms. The van der Waals surface area contributed by atoms with Crippen molar-refractivity contribution in [1.29, 1.82) is 0 Å². The van der Waals surface area contributed by atoms with Gasteiger partial charge in [0.1, 0.15) is 11.4 Å².